The molecule has 0 aliphatic heterocycles. The van der Waals surface area contributed by atoms with Gasteiger partial charge >= 0.3 is 6.18 Å². The molecule has 2 amide bonds. The number of carbonyl (C=O) groups excluding carboxylic acids is 2. The number of aryl methyl sites for hydroxylation is 1. The molecular formula is C15H19F3N2O3S. The number of amides is 2. The van der Waals surface area contributed by atoms with Crippen molar-refractivity contribution in [2.75, 3.05) is 36.6 Å². The molecule has 0 radical (unpaired) electrons. The van der Waals surface area contributed by atoms with Gasteiger partial charge in [-0.05, 0) is 24.6 Å². The first kappa shape index (κ1) is 20.3. The lowest BCUT2D eigenvalue weighted by molar-refractivity contribution is -0.173. The maximum atomic E-state index is 11.8. The summed E-state index contributed by atoms with van der Waals surface area (Å²) < 4.78 is 39.8. The average Bonchev–Trinajstić information content (AvgIpc) is 2.45. The number of hydrogen-bond donors (Lipinski definition) is 2. The van der Waals surface area contributed by atoms with Crippen LogP contribution in [0.4, 0.5) is 18.9 Å². The second kappa shape index (κ2) is 10.2. The first-order valence-corrected chi connectivity index (χ1v) is 8.27. The highest BCUT2D eigenvalue weighted by Gasteiger charge is 2.27. The van der Waals surface area contributed by atoms with Gasteiger partial charge in [0.1, 0.15) is 6.61 Å². The van der Waals surface area contributed by atoms with Crippen LogP contribution in [0.2, 0.25) is 0 Å². The summed E-state index contributed by atoms with van der Waals surface area (Å²) in [6, 6.07) is 7.33. The fourth-order valence-electron chi connectivity index (χ4n) is 1.66. The van der Waals surface area contributed by atoms with E-state index in [9.17, 15) is 22.8 Å². The summed E-state index contributed by atoms with van der Waals surface area (Å²) in [5, 5.41) is 5.13. The van der Waals surface area contributed by atoms with Crippen molar-refractivity contribution in [3.8, 4) is 0 Å². The average molecular weight is 364 g/mol. The minimum absolute atomic E-state index is 0.00897. The van der Waals surface area contributed by atoms with Crippen molar-refractivity contribution >= 4 is 29.3 Å². The summed E-state index contributed by atoms with van der Waals surface area (Å²) in [5.74, 6) is -0.447. The zero-order valence-electron chi connectivity index (χ0n) is 13.1. The third kappa shape index (κ3) is 10.1. The second-order valence-corrected chi connectivity index (χ2v) is 5.91. The van der Waals surface area contributed by atoms with Gasteiger partial charge in [0.05, 0.1) is 18.1 Å². The molecule has 24 heavy (non-hydrogen) atoms. The summed E-state index contributed by atoms with van der Waals surface area (Å²) in [6.07, 6.45) is -4.37. The lowest BCUT2D eigenvalue weighted by atomic mass is 10.2. The van der Waals surface area contributed by atoms with Crippen molar-refractivity contribution in [2.24, 2.45) is 0 Å². The fraction of sp³-hybridized carbons (Fsp3) is 0.467. The molecule has 1 aromatic rings. The smallest absolute Gasteiger partial charge is 0.370 e. The van der Waals surface area contributed by atoms with Crippen LogP contribution in [0, 0.1) is 6.92 Å². The Morgan fingerprint density at radius 3 is 2.58 bits per heavy atom. The third-order valence-electron chi connectivity index (χ3n) is 2.60. The number of halogens is 3. The molecule has 0 fully saturated rings. The largest absolute Gasteiger partial charge is 0.411 e. The summed E-state index contributed by atoms with van der Waals surface area (Å²) in [7, 11) is 0. The Kier molecular flexibility index (Phi) is 8.62. The number of thioether (sulfide) groups is 1. The molecule has 0 saturated carbocycles. The van der Waals surface area contributed by atoms with Gasteiger partial charge in [-0.25, -0.2) is 0 Å². The Labute approximate surface area is 142 Å². The molecule has 5 nitrogen and oxygen atoms in total. The molecule has 0 aromatic heterocycles. The molecule has 1 aromatic carbocycles. The van der Waals surface area contributed by atoms with Crippen molar-refractivity contribution in [1.82, 2.24) is 5.32 Å². The van der Waals surface area contributed by atoms with Crippen LogP contribution < -0.4 is 10.6 Å². The molecular weight excluding hydrogens is 345 g/mol. The van der Waals surface area contributed by atoms with Crippen molar-refractivity contribution in [1.29, 1.82) is 0 Å². The maximum Gasteiger partial charge on any atom is 0.411 e. The van der Waals surface area contributed by atoms with Gasteiger partial charge in [-0.3, -0.25) is 9.59 Å². The van der Waals surface area contributed by atoms with E-state index in [1.807, 2.05) is 25.1 Å². The lowest BCUT2D eigenvalue weighted by Gasteiger charge is -2.08. The summed E-state index contributed by atoms with van der Waals surface area (Å²) in [6.45, 7) is 0.346. The van der Waals surface area contributed by atoms with Gasteiger partial charge < -0.3 is 15.4 Å². The van der Waals surface area contributed by atoms with Crippen LogP contribution in [0.5, 0.6) is 0 Å². The van der Waals surface area contributed by atoms with E-state index in [1.165, 1.54) is 0 Å². The minimum atomic E-state index is -4.37. The number of rotatable bonds is 9. The molecule has 0 unspecified atom stereocenters. The standard InChI is InChI=1S/C15H19F3N2O3S/c1-11-3-2-4-12(7-11)20-14(22)9-24-8-13(21)19-5-6-23-10-15(16,17)18/h2-4,7H,5-6,8-10H2,1H3,(H,19,21)(H,20,22). The Balaban J connectivity index is 2.09. The van der Waals surface area contributed by atoms with E-state index in [0.29, 0.717) is 5.69 Å². The van der Waals surface area contributed by atoms with Crippen molar-refractivity contribution in [3.05, 3.63) is 29.8 Å². The summed E-state index contributed by atoms with van der Waals surface area (Å²) in [5.41, 5.74) is 1.71. The van der Waals surface area contributed by atoms with Crippen LogP contribution in [-0.2, 0) is 14.3 Å². The molecule has 0 heterocycles. The van der Waals surface area contributed by atoms with Gasteiger partial charge in [0.2, 0.25) is 11.8 Å². The van der Waals surface area contributed by atoms with Crippen LogP contribution in [0.3, 0.4) is 0 Å². The van der Waals surface area contributed by atoms with Crippen LogP contribution in [-0.4, -0.2) is 49.3 Å². The van der Waals surface area contributed by atoms with Crippen molar-refractivity contribution < 1.29 is 27.5 Å². The van der Waals surface area contributed by atoms with E-state index in [2.05, 4.69) is 15.4 Å². The highest BCUT2D eigenvalue weighted by molar-refractivity contribution is 8.00. The normalized spacial score (nSPS) is 11.2. The highest BCUT2D eigenvalue weighted by Crippen LogP contribution is 2.14. The molecule has 0 aliphatic carbocycles. The Morgan fingerprint density at radius 1 is 1.21 bits per heavy atom. The van der Waals surface area contributed by atoms with Crippen LogP contribution in [0.25, 0.3) is 0 Å². The Hall–Kier alpha value is -1.74. The first-order chi connectivity index (χ1) is 11.3. The molecule has 1 rings (SSSR count). The topological polar surface area (TPSA) is 67.4 Å². The maximum absolute atomic E-state index is 11.8. The fourth-order valence-corrected chi connectivity index (χ4v) is 2.30. The highest BCUT2D eigenvalue weighted by atomic mass is 32.2. The van der Waals surface area contributed by atoms with E-state index >= 15 is 0 Å². The predicted octanol–water partition coefficient (Wildman–Crippen LogP) is 2.36. The Morgan fingerprint density at radius 2 is 1.92 bits per heavy atom. The number of carbonyl (C=O) groups is 2. The van der Waals surface area contributed by atoms with Crippen molar-refractivity contribution in [2.45, 2.75) is 13.1 Å². The van der Waals surface area contributed by atoms with Crippen LogP contribution >= 0.6 is 11.8 Å². The second-order valence-electron chi connectivity index (χ2n) is 4.93. The van der Waals surface area contributed by atoms with Crippen LogP contribution in [0.15, 0.2) is 24.3 Å². The minimum Gasteiger partial charge on any atom is -0.370 e. The van der Waals surface area contributed by atoms with Gasteiger partial charge in [-0.2, -0.15) is 13.2 Å². The Bertz CT molecular complexity index is 553. The molecule has 0 saturated heterocycles. The van der Waals surface area contributed by atoms with Crippen LogP contribution in [0.1, 0.15) is 5.56 Å². The van der Waals surface area contributed by atoms with E-state index < -0.39 is 12.8 Å². The van der Waals surface area contributed by atoms with E-state index in [4.69, 9.17) is 0 Å². The quantitative estimate of drug-likeness (QED) is 0.660. The number of nitrogens with one attached hydrogen (secondary N) is 2. The number of benzene rings is 1. The third-order valence-corrected chi connectivity index (χ3v) is 3.54. The van der Waals surface area contributed by atoms with E-state index in [0.717, 1.165) is 17.3 Å². The van der Waals surface area contributed by atoms with Gasteiger partial charge in [-0.15, -0.1) is 11.8 Å². The summed E-state index contributed by atoms with van der Waals surface area (Å²) >= 11 is 1.12. The molecule has 0 bridgehead atoms. The number of ether oxygens (including phenoxy) is 1. The zero-order chi connectivity index (χ0) is 18.0. The molecule has 0 spiro atoms. The first-order valence-electron chi connectivity index (χ1n) is 7.12. The molecule has 2 N–H and O–H groups in total. The number of hydrogen-bond acceptors (Lipinski definition) is 4. The van der Waals surface area contributed by atoms with E-state index in [-0.39, 0.29) is 36.5 Å². The van der Waals surface area contributed by atoms with E-state index in [1.54, 1.807) is 6.07 Å². The molecule has 0 aliphatic rings. The number of anilines is 1. The van der Waals surface area contributed by atoms with Gasteiger partial charge in [0.15, 0.2) is 0 Å². The number of alkyl halides is 3. The van der Waals surface area contributed by atoms with Gasteiger partial charge in [-0.1, -0.05) is 12.1 Å². The lowest BCUT2D eigenvalue weighted by Crippen LogP contribution is -2.30. The molecule has 9 heteroatoms. The van der Waals surface area contributed by atoms with Gasteiger partial charge in [0.25, 0.3) is 0 Å². The molecule has 134 valence electrons. The molecule has 0 atom stereocenters. The SMILES string of the molecule is Cc1cccc(NC(=O)CSCC(=O)NCCOCC(F)(F)F)c1. The van der Waals surface area contributed by atoms with Gasteiger partial charge in [0, 0.05) is 12.2 Å². The monoisotopic (exact) mass is 364 g/mol. The summed E-state index contributed by atoms with van der Waals surface area (Å²) in [4.78, 5) is 23.2. The predicted molar refractivity (Wildman–Crippen MR) is 87.0 cm³/mol. The van der Waals surface area contributed by atoms with Crippen molar-refractivity contribution in [3.63, 3.8) is 0 Å². The zero-order valence-corrected chi connectivity index (χ0v) is 13.9.